The van der Waals surface area contributed by atoms with Gasteiger partial charge in [0, 0.05) is 7.05 Å². The van der Waals surface area contributed by atoms with Crippen molar-refractivity contribution in [1.82, 2.24) is 9.78 Å². The van der Waals surface area contributed by atoms with Gasteiger partial charge in [-0.05, 0) is 43.7 Å². The molecule has 0 spiro atoms. The van der Waals surface area contributed by atoms with Crippen molar-refractivity contribution in [3.63, 3.8) is 0 Å². The van der Waals surface area contributed by atoms with Crippen LogP contribution < -0.4 is 4.74 Å². The third-order valence-corrected chi connectivity index (χ3v) is 4.96. The molecule has 5 nitrogen and oxygen atoms in total. The largest absolute Gasteiger partial charge is 0.474 e. The van der Waals surface area contributed by atoms with E-state index in [0.29, 0.717) is 5.88 Å². The van der Waals surface area contributed by atoms with Crippen molar-refractivity contribution < 1.29 is 22.7 Å². The number of nitrogens with zero attached hydrogens (tertiary/aromatic N) is 3. The van der Waals surface area contributed by atoms with E-state index < -0.39 is 12.6 Å². The van der Waals surface area contributed by atoms with E-state index in [9.17, 15) is 13.2 Å². The third kappa shape index (κ3) is 6.24. The molecule has 0 N–H and O–H groups in total. The molecule has 1 heterocycles. The molecule has 158 valence electrons. The monoisotopic (exact) mass is 409 g/mol. The molecule has 0 amide bonds. The van der Waals surface area contributed by atoms with Gasteiger partial charge in [-0.3, -0.25) is 0 Å². The van der Waals surface area contributed by atoms with E-state index >= 15 is 0 Å². The number of aromatic nitrogens is 2. The molecule has 8 heteroatoms. The molecule has 1 aromatic heterocycles. The molecule has 0 radical (unpaired) electrons. The van der Waals surface area contributed by atoms with Crippen LogP contribution in [-0.2, 0) is 24.9 Å². The second kappa shape index (κ2) is 9.33. The van der Waals surface area contributed by atoms with Gasteiger partial charge in [0.15, 0.2) is 0 Å². The molecule has 1 saturated carbocycles. The maximum Gasteiger partial charge on any atom is 0.393 e. The first-order chi connectivity index (χ1) is 13.8. The number of hydrogen-bond acceptors (Lipinski definition) is 4. The van der Waals surface area contributed by atoms with Crippen LogP contribution in [0.1, 0.15) is 54.5 Å². The zero-order chi connectivity index (χ0) is 20.9. The minimum absolute atomic E-state index is 0.168. The molecule has 29 heavy (non-hydrogen) atoms. The highest BCUT2D eigenvalue weighted by atomic mass is 19.4. The minimum atomic E-state index is -4.21. The molecule has 1 fully saturated rings. The average molecular weight is 409 g/mol. The molecule has 0 aliphatic heterocycles. The predicted octanol–water partition coefficient (Wildman–Crippen LogP) is 5.10. The Hall–Kier alpha value is -2.51. The van der Waals surface area contributed by atoms with Gasteiger partial charge < -0.3 is 9.57 Å². The van der Waals surface area contributed by atoms with E-state index in [-0.39, 0.29) is 18.3 Å². The second-order valence-corrected chi connectivity index (χ2v) is 7.42. The van der Waals surface area contributed by atoms with Gasteiger partial charge in [0.1, 0.15) is 12.7 Å². The first kappa shape index (κ1) is 21.2. The molecule has 3 rings (SSSR count). The van der Waals surface area contributed by atoms with Crippen molar-refractivity contribution >= 4 is 6.21 Å². The lowest BCUT2D eigenvalue weighted by molar-refractivity contribution is -0.127. The first-order valence-corrected chi connectivity index (χ1v) is 9.82. The molecule has 2 aromatic rings. The maximum atomic E-state index is 12.4. The molecule has 1 aliphatic carbocycles. The smallest absolute Gasteiger partial charge is 0.393 e. The second-order valence-electron chi connectivity index (χ2n) is 7.42. The van der Waals surface area contributed by atoms with Gasteiger partial charge in [-0.2, -0.15) is 18.3 Å². The molecule has 0 unspecified atom stereocenters. The number of benzene rings is 1. The lowest BCUT2D eigenvalue weighted by Gasteiger charge is -2.23. The summed E-state index contributed by atoms with van der Waals surface area (Å²) < 4.78 is 45.1. The van der Waals surface area contributed by atoms with Crippen molar-refractivity contribution in [2.75, 3.05) is 0 Å². The fourth-order valence-electron chi connectivity index (χ4n) is 3.47. The van der Waals surface area contributed by atoms with Crippen LogP contribution in [-0.4, -0.2) is 28.3 Å². The van der Waals surface area contributed by atoms with Crippen LogP contribution in [0.25, 0.3) is 0 Å². The lowest BCUT2D eigenvalue weighted by atomic mass is 9.98. The van der Waals surface area contributed by atoms with Crippen LogP contribution in [0.5, 0.6) is 5.88 Å². The van der Waals surface area contributed by atoms with Gasteiger partial charge in [0.05, 0.1) is 23.9 Å². The third-order valence-electron chi connectivity index (χ3n) is 4.96. The quantitative estimate of drug-likeness (QED) is 0.472. The fraction of sp³-hybridized carbons (Fsp3) is 0.524. The number of oxime groups is 1. The number of hydrogen-bond donors (Lipinski definition) is 0. The number of rotatable bonds is 7. The van der Waals surface area contributed by atoms with Crippen molar-refractivity contribution in [1.29, 1.82) is 0 Å². The van der Waals surface area contributed by atoms with E-state index in [1.807, 2.05) is 14.0 Å². The van der Waals surface area contributed by atoms with Crippen LogP contribution in [0.2, 0.25) is 0 Å². The molecular formula is C21H26F3N3O2. The average Bonchev–Trinajstić information content (AvgIpc) is 2.93. The van der Waals surface area contributed by atoms with Crippen LogP contribution in [0.4, 0.5) is 13.2 Å². The topological polar surface area (TPSA) is 48.6 Å². The van der Waals surface area contributed by atoms with Gasteiger partial charge in [-0.15, -0.1) is 0 Å². The summed E-state index contributed by atoms with van der Waals surface area (Å²) in [6, 6.07) is 6.14. The Morgan fingerprint density at radius 3 is 2.45 bits per heavy atom. The Morgan fingerprint density at radius 2 is 1.79 bits per heavy atom. The summed E-state index contributed by atoms with van der Waals surface area (Å²) in [5, 5.41) is 8.41. The lowest BCUT2D eigenvalue weighted by Crippen LogP contribution is -2.21. The molecular weight excluding hydrogens is 383 g/mol. The van der Waals surface area contributed by atoms with Crippen molar-refractivity contribution in [3.8, 4) is 5.88 Å². The van der Waals surface area contributed by atoms with Crippen LogP contribution in [0, 0.1) is 6.92 Å². The number of aryl methyl sites for hydroxylation is 2. The van der Waals surface area contributed by atoms with E-state index in [1.165, 1.54) is 31.4 Å². The number of ether oxygens (including phenoxy) is 1. The normalized spacial score (nSPS) is 15.8. The summed E-state index contributed by atoms with van der Waals surface area (Å²) in [4.78, 5) is 5.33. The van der Waals surface area contributed by atoms with Crippen LogP contribution in [0.3, 0.4) is 0 Å². The van der Waals surface area contributed by atoms with Crippen molar-refractivity contribution in [3.05, 3.63) is 46.6 Å². The highest BCUT2D eigenvalue weighted by Crippen LogP contribution is 2.26. The Morgan fingerprint density at radius 1 is 1.14 bits per heavy atom. The van der Waals surface area contributed by atoms with Crippen LogP contribution in [0.15, 0.2) is 29.4 Å². The van der Waals surface area contributed by atoms with E-state index in [4.69, 9.17) is 9.57 Å². The Labute approximate surface area is 168 Å². The molecule has 1 aromatic carbocycles. The molecule has 0 bridgehead atoms. The maximum absolute atomic E-state index is 12.4. The van der Waals surface area contributed by atoms with E-state index in [1.54, 1.807) is 23.0 Å². The summed E-state index contributed by atoms with van der Waals surface area (Å²) in [7, 11) is 1.84. The fourth-order valence-corrected chi connectivity index (χ4v) is 3.47. The molecule has 1 aliphatic rings. The summed E-state index contributed by atoms with van der Waals surface area (Å²) in [5.74, 6) is 0.679. The summed E-state index contributed by atoms with van der Waals surface area (Å²) in [6.45, 7) is 2.05. The van der Waals surface area contributed by atoms with Gasteiger partial charge in [-0.1, -0.05) is 35.8 Å². The predicted molar refractivity (Wildman–Crippen MR) is 104 cm³/mol. The van der Waals surface area contributed by atoms with Gasteiger partial charge in [0.25, 0.3) is 0 Å². The van der Waals surface area contributed by atoms with Gasteiger partial charge in [-0.25, -0.2) is 4.68 Å². The Balaban J connectivity index is 1.57. The summed E-state index contributed by atoms with van der Waals surface area (Å²) in [6.07, 6.45) is 2.33. The first-order valence-electron chi connectivity index (χ1n) is 9.82. The summed E-state index contributed by atoms with van der Waals surface area (Å²) in [5.41, 5.74) is 2.54. The zero-order valence-corrected chi connectivity index (χ0v) is 16.7. The van der Waals surface area contributed by atoms with E-state index in [0.717, 1.165) is 29.7 Å². The summed E-state index contributed by atoms with van der Waals surface area (Å²) >= 11 is 0. The van der Waals surface area contributed by atoms with Gasteiger partial charge in [0.2, 0.25) is 5.88 Å². The number of alkyl halides is 3. The molecule has 0 saturated heterocycles. The highest BCUT2D eigenvalue weighted by Gasteiger charge is 2.27. The highest BCUT2D eigenvalue weighted by molar-refractivity contribution is 5.83. The minimum Gasteiger partial charge on any atom is -0.474 e. The zero-order valence-electron chi connectivity index (χ0n) is 16.7. The Kier molecular flexibility index (Phi) is 6.82. The Bertz CT molecular complexity index is 823. The number of halogens is 3. The van der Waals surface area contributed by atoms with Gasteiger partial charge >= 0.3 is 6.18 Å². The van der Waals surface area contributed by atoms with Crippen LogP contribution >= 0.6 is 0 Å². The van der Waals surface area contributed by atoms with Crippen molar-refractivity contribution in [2.45, 2.75) is 64.3 Å². The molecule has 0 atom stereocenters. The van der Waals surface area contributed by atoms with E-state index in [2.05, 4.69) is 10.3 Å². The van der Waals surface area contributed by atoms with Crippen molar-refractivity contribution in [2.24, 2.45) is 12.2 Å². The standard InChI is InChI=1S/C21H26F3N3O2/c1-15-19(20(27(2)26-15)29-18-6-4-3-5-7-18)13-25-28-14-17-10-8-16(9-11-17)12-21(22,23)24/h8-11,13,18H,3-7,12,14H2,1-2H3/b25-13-. The SMILES string of the molecule is Cc1nn(C)c(OC2CCCCC2)c1/C=N\OCc1ccc(CC(F)(F)F)cc1.